The van der Waals surface area contributed by atoms with Crippen LogP contribution in [0.5, 0.6) is 0 Å². The van der Waals surface area contributed by atoms with Gasteiger partial charge in [-0.05, 0) is 24.8 Å². The highest BCUT2D eigenvalue weighted by molar-refractivity contribution is 5.47. The van der Waals surface area contributed by atoms with Crippen molar-refractivity contribution in [1.29, 1.82) is 0 Å². The fourth-order valence-electron chi connectivity index (χ4n) is 3.25. The number of rotatable bonds is 6. The van der Waals surface area contributed by atoms with Crippen LogP contribution in [0.1, 0.15) is 51.2 Å². The molecule has 1 aliphatic carbocycles. The van der Waals surface area contributed by atoms with E-state index in [1.165, 1.54) is 25.7 Å². The van der Waals surface area contributed by atoms with Gasteiger partial charge in [-0.15, -0.1) is 0 Å². The molecule has 3 nitrogen and oxygen atoms in total. The van der Waals surface area contributed by atoms with Gasteiger partial charge in [0.1, 0.15) is 0 Å². The summed E-state index contributed by atoms with van der Waals surface area (Å²) in [5.41, 5.74) is 7.52. The van der Waals surface area contributed by atoms with Gasteiger partial charge in [0, 0.05) is 30.4 Å². The molecule has 1 fully saturated rings. The first kappa shape index (κ1) is 15.3. The summed E-state index contributed by atoms with van der Waals surface area (Å²) < 4.78 is 0. The minimum atomic E-state index is -0.490. The smallest absolute Gasteiger partial charge is 0.0936 e. The minimum Gasteiger partial charge on any atom is -0.398 e. The summed E-state index contributed by atoms with van der Waals surface area (Å²) in [5, 5.41) is 10.5. The number of para-hydroxylation sites is 1. The van der Waals surface area contributed by atoms with Crippen molar-refractivity contribution in [3.05, 3.63) is 29.8 Å². The highest BCUT2D eigenvalue weighted by atomic mass is 16.3. The molecule has 0 amide bonds. The van der Waals surface area contributed by atoms with E-state index < -0.39 is 6.10 Å². The van der Waals surface area contributed by atoms with E-state index in [0.717, 1.165) is 12.1 Å². The van der Waals surface area contributed by atoms with Gasteiger partial charge >= 0.3 is 0 Å². The van der Waals surface area contributed by atoms with Gasteiger partial charge in [0.15, 0.2) is 0 Å². The monoisotopic (exact) mass is 276 g/mol. The van der Waals surface area contributed by atoms with Crippen molar-refractivity contribution in [2.24, 2.45) is 5.92 Å². The first-order valence-corrected chi connectivity index (χ1v) is 7.84. The summed E-state index contributed by atoms with van der Waals surface area (Å²) in [6.07, 6.45) is 4.69. The third kappa shape index (κ3) is 3.97. The summed E-state index contributed by atoms with van der Waals surface area (Å²) in [5.74, 6) is 0.621. The zero-order valence-corrected chi connectivity index (χ0v) is 12.8. The quantitative estimate of drug-likeness (QED) is 0.784. The van der Waals surface area contributed by atoms with Crippen molar-refractivity contribution in [2.45, 2.75) is 51.7 Å². The first-order chi connectivity index (χ1) is 9.58. The fraction of sp³-hybridized carbons (Fsp3) is 0.647. The molecule has 0 aliphatic heterocycles. The summed E-state index contributed by atoms with van der Waals surface area (Å²) in [6, 6.07) is 8.28. The lowest BCUT2D eigenvalue weighted by atomic mass is 10.0. The van der Waals surface area contributed by atoms with Gasteiger partial charge in [0.2, 0.25) is 0 Å². The Morgan fingerprint density at radius 1 is 1.20 bits per heavy atom. The van der Waals surface area contributed by atoms with Gasteiger partial charge in [0.05, 0.1) is 6.10 Å². The van der Waals surface area contributed by atoms with Crippen LogP contribution in [-0.4, -0.2) is 29.1 Å². The van der Waals surface area contributed by atoms with E-state index in [2.05, 4.69) is 18.7 Å². The van der Waals surface area contributed by atoms with E-state index in [1.54, 1.807) is 0 Å². The normalized spacial score (nSPS) is 18.1. The number of benzene rings is 1. The van der Waals surface area contributed by atoms with Gasteiger partial charge in [0.25, 0.3) is 0 Å². The van der Waals surface area contributed by atoms with E-state index in [4.69, 9.17) is 5.73 Å². The highest BCUT2D eigenvalue weighted by Gasteiger charge is 2.25. The number of hydrogen-bond acceptors (Lipinski definition) is 3. The number of nitrogens with zero attached hydrogens (tertiary/aromatic N) is 1. The van der Waals surface area contributed by atoms with Gasteiger partial charge in [-0.3, -0.25) is 4.90 Å². The second-order valence-electron chi connectivity index (χ2n) is 6.43. The largest absolute Gasteiger partial charge is 0.398 e. The summed E-state index contributed by atoms with van der Waals surface area (Å²) in [4.78, 5) is 2.47. The topological polar surface area (TPSA) is 49.5 Å². The Kier molecular flexibility index (Phi) is 5.44. The molecule has 0 aromatic heterocycles. The standard InChI is InChI=1S/C17H28N2O/c1-13(2)11-19(14-7-3-4-8-14)12-17(20)15-9-5-6-10-16(15)18/h5-6,9-10,13-14,17,20H,3-4,7-8,11-12,18H2,1-2H3. The molecular formula is C17H28N2O. The Balaban J connectivity index is 2.04. The third-order valence-corrected chi connectivity index (χ3v) is 4.20. The van der Waals surface area contributed by atoms with Crippen LogP contribution >= 0.6 is 0 Å². The maximum Gasteiger partial charge on any atom is 0.0936 e. The van der Waals surface area contributed by atoms with Crippen LogP contribution in [0.2, 0.25) is 0 Å². The fourth-order valence-corrected chi connectivity index (χ4v) is 3.25. The van der Waals surface area contributed by atoms with Crippen molar-refractivity contribution in [3.8, 4) is 0 Å². The number of nitrogen functional groups attached to an aromatic ring is 1. The van der Waals surface area contributed by atoms with Crippen LogP contribution in [0.25, 0.3) is 0 Å². The van der Waals surface area contributed by atoms with Crippen molar-refractivity contribution >= 4 is 5.69 Å². The minimum absolute atomic E-state index is 0.490. The van der Waals surface area contributed by atoms with Crippen molar-refractivity contribution in [2.75, 3.05) is 18.8 Å². The molecule has 1 atom stereocenters. The second-order valence-corrected chi connectivity index (χ2v) is 6.43. The van der Waals surface area contributed by atoms with Crippen LogP contribution in [0.15, 0.2) is 24.3 Å². The van der Waals surface area contributed by atoms with Gasteiger partial charge in [-0.2, -0.15) is 0 Å². The molecule has 112 valence electrons. The van der Waals surface area contributed by atoms with Crippen molar-refractivity contribution in [3.63, 3.8) is 0 Å². The van der Waals surface area contributed by atoms with Crippen LogP contribution in [0.3, 0.4) is 0 Å². The lowest BCUT2D eigenvalue weighted by Crippen LogP contribution is -2.39. The van der Waals surface area contributed by atoms with Gasteiger partial charge < -0.3 is 10.8 Å². The van der Waals surface area contributed by atoms with Crippen LogP contribution in [0, 0.1) is 5.92 Å². The molecule has 3 N–H and O–H groups in total. The van der Waals surface area contributed by atoms with Gasteiger partial charge in [-0.1, -0.05) is 44.9 Å². The molecule has 1 aromatic carbocycles. The van der Waals surface area contributed by atoms with E-state index in [1.807, 2.05) is 24.3 Å². The van der Waals surface area contributed by atoms with Gasteiger partial charge in [-0.25, -0.2) is 0 Å². The van der Waals surface area contributed by atoms with Crippen molar-refractivity contribution in [1.82, 2.24) is 4.90 Å². The number of aliphatic hydroxyl groups is 1. The molecule has 1 saturated carbocycles. The lowest BCUT2D eigenvalue weighted by molar-refractivity contribution is 0.0800. The maximum atomic E-state index is 10.5. The maximum absolute atomic E-state index is 10.5. The SMILES string of the molecule is CC(C)CN(CC(O)c1ccccc1N)C1CCCC1. The predicted molar refractivity (Wildman–Crippen MR) is 84.5 cm³/mol. The Bertz CT molecular complexity index is 413. The Morgan fingerprint density at radius 3 is 2.45 bits per heavy atom. The number of nitrogens with two attached hydrogens (primary N) is 1. The lowest BCUT2D eigenvalue weighted by Gasteiger charge is -2.32. The first-order valence-electron chi connectivity index (χ1n) is 7.84. The van der Waals surface area contributed by atoms with Crippen LogP contribution in [-0.2, 0) is 0 Å². The summed E-state index contributed by atoms with van der Waals surface area (Å²) >= 11 is 0. The molecule has 0 radical (unpaired) electrons. The second kappa shape index (κ2) is 7.09. The molecule has 0 heterocycles. The zero-order valence-electron chi connectivity index (χ0n) is 12.8. The van der Waals surface area contributed by atoms with E-state index in [0.29, 0.717) is 24.2 Å². The number of hydrogen-bond donors (Lipinski definition) is 2. The molecule has 0 spiro atoms. The molecule has 0 saturated heterocycles. The molecule has 1 aromatic rings. The average molecular weight is 276 g/mol. The van der Waals surface area contributed by atoms with E-state index in [-0.39, 0.29) is 0 Å². The average Bonchev–Trinajstić information content (AvgIpc) is 2.91. The molecule has 2 rings (SSSR count). The Morgan fingerprint density at radius 2 is 1.85 bits per heavy atom. The Hall–Kier alpha value is -1.06. The molecule has 0 bridgehead atoms. The molecule has 1 unspecified atom stereocenters. The summed E-state index contributed by atoms with van der Waals surface area (Å²) in [6.45, 7) is 6.22. The summed E-state index contributed by atoms with van der Waals surface area (Å²) in [7, 11) is 0. The van der Waals surface area contributed by atoms with Crippen LogP contribution < -0.4 is 5.73 Å². The molecule has 20 heavy (non-hydrogen) atoms. The zero-order chi connectivity index (χ0) is 14.5. The van der Waals surface area contributed by atoms with E-state index >= 15 is 0 Å². The van der Waals surface area contributed by atoms with E-state index in [9.17, 15) is 5.11 Å². The number of anilines is 1. The van der Waals surface area contributed by atoms with Crippen LogP contribution in [0.4, 0.5) is 5.69 Å². The predicted octanol–water partition coefficient (Wildman–Crippen LogP) is 3.20. The Labute approximate surface area is 122 Å². The number of aliphatic hydroxyl groups excluding tert-OH is 1. The van der Waals surface area contributed by atoms with Crippen molar-refractivity contribution < 1.29 is 5.11 Å². The third-order valence-electron chi connectivity index (χ3n) is 4.20. The highest BCUT2D eigenvalue weighted by Crippen LogP contribution is 2.27. The molecule has 1 aliphatic rings. The molecular weight excluding hydrogens is 248 g/mol. The molecule has 3 heteroatoms.